The molecule has 0 aliphatic rings. The van der Waals surface area contributed by atoms with E-state index < -0.39 is 0 Å². The third kappa shape index (κ3) is 2.05. The highest BCUT2D eigenvalue weighted by Gasteiger charge is 2.02. The maximum atomic E-state index is 2.78. The van der Waals surface area contributed by atoms with Gasteiger partial charge in [0.25, 0.3) is 0 Å². The van der Waals surface area contributed by atoms with Gasteiger partial charge in [-0.1, -0.05) is 48.5 Å². The fourth-order valence-corrected chi connectivity index (χ4v) is 2.93. The number of hydrogen-bond donors (Lipinski definition) is 0. The fourth-order valence-electron chi connectivity index (χ4n) is 2.42. The quantitative estimate of drug-likeness (QED) is 0.466. The minimum atomic E-state index is 1.01. The Morgan fingerprint density at radius 1 is 0.611 bits per heavy atom. The van der Waals surface area contributed by atoms with Gasteiger partial charge in [0.2, 0.25) is 0 Å². The van der Waals surface area contributed by atoms with Crippen LogP contribution in [0.15, 0.2) is 48.5 Å². The van der Waals surface area contributed by atoms with Crippen LogP contribution in [0.1, 0.15) is 11.1 Å². The number of rotatable bonds is 2. The predicted octanol–water partition coefficient (Wildman–Crippen LogP) is 4.74. The lowest BCUT2D eigenvalue weighted by molar-refractivity contribution is 1.44. The molecule has 0 fully saturated rings. The van der Waals surface area contributed by atoms with Crippen molar-refractivity contribution >= 4 is 40.0 Å². The van der Waals surface area contributed by atoms with Gasteiger partial charge in [-0.3, -0.25) is 0 Å². The van der Waals surface area contributed by atoms with Gasteiger partial charge in [-0.25, -0.2) is 0 Å². The zero-order valence-electron chi connectivity index (χ0n) is 10.2. The van der Waals surface area contributed by atoms with E-state index in [0.717, 1.165) is 12.3 Å². The Labute approximate surface area is 112 Å². The highest BCUT2D eigenvalue weighted by molar-refractivity contribution is 7.15. The van der Waals surface area contributed by atoms with Crippen molar-refractivity contribution in [3.63, 3.8) is 0 Å². The molecular weight excluding hydrogens is 254 g/mol. The molecule has 0 bridgehead atoms. The molecule has 2 atom stereocenters. The number of hydrogen-bond acceptors (Lipinski definition) is 0. The monoisotopic (exact) mass is 270 g/mol. The standard InChI is InChI=1S/C16H16P2/c17-9-11-1-5-15-13(7-11)3-4-14-8-12(10-18)2-6-16(14)15/h1-8H,9-10,17-18H2. The third-order valence-corrected chi connectivity index (χ3v) is 4.38. The van der Waals surface area contributed by atoms with Crippen LogP contribution in [-0.4, -0.2) is 0 Å². The largest absolute Gasteiger partial charge is 0.133 e. The van der Waals surface area contributed by atoms with Crippen LogP contribution in [0.25, 0.3) is 21.5 Å². The first-order valence-electron chi connectivity index (χ1n) is 6.16. The summed E-state index contributed by atoms with van der Waals surface area (Å²) in [6.07, 6.45) is 2.03. The van der Waals surface area contributed by atoms with E-state index in [0.29, 0.717) is 0 Å². The molecule has 0 aliphatic heterocycles. The van der Waals surface area contributed by atoms with Gasteiger partial charge in [-0.15, -0.1) is 18.5 Å². The zero-order valence-corrected chi connectivity index (χ0v) is 12.5. The molecule has 0 amide bonds. The van der Waals surface area contributed by atoms with E-state index in [1.807, 2.05) is 0 Å². The third-order valence-electron chi connectivity index (χ3n) is 3.44. The molecule has 2 unspecified atom stereocenters. The van der Waals surface area contributed by atoms with Crippen molar-refractivity contribution in [2.75, 3.05) is 0 Å². The summed E-state index contributed by atoms with van der Waals surface area (Å²) in [7, 11) is 5.57. The van der Waals surface area contributed by atoms with E-state index in [4.69, 9.17) is 0 Å². The van der Waals surface area contributed by atoms with Gasteiger partial charge in [0.15, 0.2) is 0 Å². The molecule has 3 rings (SSSR count). The Hall–Kier alpha value is -0.960. The Bertz CT molecular complexity index is 654. The minimum absolute atomic E-state index is 1.01. The van der Waals surface area contributed by atoms with E-state index in [2.05, 4.69) is 67.0 Å². The topological polar surface area (TPSA) is 0 Å². The second-order valence-electron chi connectivity index (χ2n) is 4.58. The first-order valence-corrected chi connectivity index (χ1v) is 7.79. The van der Waals surface area contributed by atoms with E-state index in [-0.39, 0.29) is 0 Å². The van der Waals surface area contributed by atoms with E-state index >= 15 is 0 Å². The van der Waals surface area contributed by atoms with Crippen LogP contribution in [0.2, 0.25) is 0 Å². The molecule has 3 aromatic carbocycles. The average Bonchev–Trinajstić information content (AvgIpc) is 2.45. The van der Waals surface area contributed by atoms with Crippen molar-refractivity contribution < 1.29 is 0 Å². The van der Waals surface area contributed by atoms with Crippen LogP contribution in [-0.2, 0) is 12.3 Å². The molecule has 0 saturated heterocycles. The van der Waals surface area contributed by atoms with Crippen molar-refractivity contribution in [1.29, 1.82) is 0 Å². The molecular formula is C16H16P2. The zero-order chi connectivity index (χ0) is 12.5. The molecule has 0 N–H and O–H groups in total. The summed E-state index contributed by atoms with van der Waals surface area (Å²) in [6.45, 7) is 0. The van der Waals surface area contributed by atoms with Crippen LogP contribution < -0.4 is 0 Å². The molecule has 0 nitrogen and oxygen atoms in total. The Balaban J connectivity index is 2.32. The van der Waals surface area contributed by atoms with Gasteiger partial charge in [-0.2, -0.15) is 0 Å². The maximum absolute atomic E-state index is 2.78. The second kappa shape index (κ2) is 4.96. The Morgan fingerprint density at radius 3 is 1.44 bits per heavy atom. The lowest BCUT2D eigenvalue weighted by Gasteiger charge is -2.07. The molecule has 0 radical (unpaired) electrons. The van der Waals surface area contributed by atoms with Gasteiger partial charge in [0.05, 0.1) is 0 Å². The summed E-state index contributed by atoms with van der Waals surface area (Å²) in [5, 5.41) is 5.37. The Kier molecular flexibility index (Phi) is 3.33. The summed E-state index contributed by atoms with van der Waals surface area (Å²) in [4.78, 5) is 0. The summed E-state index contributed by atoms with van der Waals surface area (Å²) >= 11 is 0. The molecule has 0 saturated carbocycles. The maximum Gasteiger partial charge on any atom is -0.0105 e. The molecule has 0 aliphatic carbocycles. The molecule has 3 aromatic rings. The lowest BCUT2D eigenvalue weighted by Crippen LogP contribution is -1.83. The van der Waals surface area contributed by atoms with Gasteiger partial charge < -0.3 is 0 Å². The fraction of sp³-hybridized carbons (Fsp3) is 0.125. The Morgan fingerprint density at radius 2 is 1.06 bits per heavy atom. The van der Waals surface area contributed by atoms with Crippen molar-refractivity contribution in [2.45, 2.75) is 12.3 Å². The average molecular weight is 270 g/mol. The van der Waals surface area contributed by atoms with E-state index in [1.165, 1.54) is 32.7 Å². The van der Waals surface area contributed by atoms with Crippen LogP contribution in [0.3, 0.4) is 0 Å². The van der Waals surface area contributed by atoms with Crippen LogP contribution in [0.4, 0.5) is 0 Å². The molecule has 0 spiro atoms. The molecule has 0 heterocycles. The van der Waals surface area contributed by atoms with E-state index in [9.17, 15) is 0 Å². The number of fused-ring (bicyclic) bond motifs is 3. The first kappa shape index (κ1) is 12.1. The highest BCUT2D eigenvalue weighted by atomic mass is 31.0. The lowest BCUT2D eigenvalue weighted by atomic mass is 9.99. The summed E-state index contributed by atoms with van der Waals surface area (Å²) in [5.74, 6) is 0. The smallest absolute Gasteiger partial charge is 0.0105 e. The summed E-state index contributed by atoms with van der Waals surface area (Å²) in [5.41, 5.74) is 2.74. The van der Waals surface area contributed by atoms with Crippen molar-refractivity contribution in [3.05, 3.63) is 59.7 Å². The normalized spacial score (nSPS) is 11.2. The summed E-state index contributed by atoms with van der Waals surface area (Å²) in [6, 6.07) is 18.0. The van der Waals surface area contributed by atoms with Crippen LogP contribution in [0.5, 0.6) is 0 Å². The molecule has 90 valence electrons. The SMILES string of the molecule is PCc1ccc2c(ccc3cc(CP)ccc32)c1. The van der Waals surface area contributed by atoms with Gasteiger partial charge in [-0.05, 0) is 45.0 Å². The molecule has 18 heavy (non-hydrogen) atoms. The van der Waals surface area contributed by atoms with Crippen molar-refractivity contribution in [3.8, 4) is 0 Å². The first-order chi connectivity index (χ1) is 8.81. The minimum Gasteiger partial charge on any atom is -0.133 e. The number of benzene rings is 3. The predicted molar refractivity (Wildman–Crippen MR) is 88.3 cm³/mol. The van der Waals surface area contributed by atoms with Crippen LogP contribution >= 0.6 is 18.5 Å². The highest BCUT2D eigenvalue weighted by Crippen LogP contribution is 2.28. The van der Waals surface area contributed by atoms with Crippen molar-refractivity contribution in [1.82, 2.24) is 0 Å². The van der Waals surface area contributed by atoms with Gasteiger partial charge in [0, 0.05) is 0 Å². The van der Waals surface area contributed by atoms with Crippen molar-refractivity contribution in [2.24, 2.45) is 0 Å². The van der Waals surface area contributed by atoms with Gasteiger partial charge >= 0.3 is 0 Å². The van der Waals surface area contributed by atoms with Crippen LogP contribution in [0, 0.1) is 0 Å². The second-order valence-corrected chi connectivity index (χ2v) is 5.40. The summed E-state index contributed by atoms with van der Waals surface area (Å²) < 4.78 is 0. The molecule has 0 aromatic heterocycles. The van der Waals surface area contributed by atoms with Gasteiger partial charge in [0.1, 0.15) is 0 Å². The molecule has 2 heteroatoms. The van der Waals surface area contributed by atoms with E-state index in [1.54, 1.807) is 0 Å².